The Labute approximate surface area is 121 Å². The molecule has 1 aromatic heterocycles. The van der Waals surface area contributed by atoms with Crippen LogP contribution in [0.25, 0.3) is 10.9 Å². The highest BCUT2D eigenvalue weighted by atomic mass is 79.9. The molecule has 0 saturated carbocycles. The maximum Gasteiger partial charge on any atom is 0.513 e. The molecule has 1 aliphatic rings. The molecule has 1 N–H and O–H groups in total. The Morgan fingerprint density at radius 1 is 1.05 bits per heavy atom. The number of hydrogen-bond acceptors (Lipinski definition) is 2. The van der Waals surface area contributed by atoms with E-state index >= 15 is 0 Å². The SMILES string of the molecule is CC1(C)OB(c2[nH]c3ccccc3c2Br)OC1(C)C. The maximum absolute atomic E-state index is 6.08. The van der Waals surface area contributed by atoms with E-state index in [0.29, 0.717) is 0 Å². The molecule has 0 bridgehead atoms. The summed E-state index contributed by atoms with van der Waals surface area (Å²) in [6.45, 7) is 8.24. The molecule has 0 unspecified atom stereocenters. The summed E-state index contributed by atoms with van der Waals surface area (Å²) in [5.41, 5.74) is 1.38. The minimum Gasteiger partial charge on any atom is -0.398 e. The molecule has 1 aromatic carbocycles. The summed E-state index contributed by atoms with van der Waals surface area (Å²) in [5, 5.41) is 1.15. The van der Waals surface area contributed by atoms with Gasteiger partial charge in [0.15, 0.2) is 0 Å². The third kappa shape index (κ3) is 1.95. The molecule has 0 spiro atoms. The summed E-state index contributed by atoms with van der Waals surface area (Å²) < 4.78 is 13.2. The minimum absolute atomic E-state index is 0.325. The molecule has 5 heteroatoms. The van der Waals surface area contributed by atoms with E-state index in [4.69, 9.17) is 9.31 Å². The maximum atomic E-state index is 6.08. The number of hydrogen-bond donors (Lipinski definition) is 1. The summed E-state index contributed by atoms with van der Waals surface area (Å²) >= 11 is 3.65. The second kappa shape index (κ2) is 4.11. The smallest absolute Gasteiger partial charge is 0.398 e. The molecule has 3 rings (SSSR count). The lowest BCUT2D eigenvalue weighted by atomic mass is 9.85. The summed E-state index contributed by atoms with van der Waals surface area (Å²) in [5.74, 6) is 0. The number of rotatable bonds is 1. The first-order valence-corrected chi connectivity index (χ1v) is 7.23. The van der Waals surface area contributed by atoms with Gasteiger partial charge in [0.05, 0.1) is 16.8 Å². The summed E-state index contributed by atoms with van der Waals surface area (Å²) in [6.07, 6.45) is 0. The van der Waals surface area contributed by atoms with Crippen LogP contribution >= 0.6 is 15.9 Å². The van der Waals surface area contributed by atoms with Crippen LogP contribution < -0.4 is 5.59 Å². The number of aromatic nitrogens is 1. The van der Waals surface area contributed by atoms with Crippen molar-refractivity contribution in [1.82, 2.24) is 4.98 Å². The zero-order valence-corrected chi connectivity index (χ0v) is 13.2. The van der Waals surface area contributed by atoms with E-state index in [1.807, 2.05) is 12.1 Å². The average Bonchev–Trinajstić information content (AvgIpc) is 2.76. The molecule has 100 valence electrons. The van der Waals surface area contributed by atoms with Crippen LogP contribution in [0.3, 0.4) is 0 Å². The van der Waals surface area contributed by atoms with E-state index in [1.54, 1.807) is 0 Å². The van der Waals surface area contributed by atoms with Crippen molar-refractivity contribution < 1.29 is 9.31 Å². The van der Waals surface area contributed by atoms with Crippen LogP contribution in [0.4, 0.5) is 0 Å². The van der Waals surface area contributed by atoms with Gasteiger partial charge in [0.2, 0.25) is 0 Å². The second-order valence-corrected chi connectivity index (χ2v) is 6.78. The standard InChI is InChI=1S/C14H17BBrNO2/c1-13(2)14(3,4)19-15(18-13)12-11(16)9-7-5-6-8-10(9)17-12/h5-8,17H,1-4H3. The highest BCUT2D eigenvalue weighted by molar-refractivity contribution is 9.10. The Hall–Kier alpha value is -0.775. The molecule has 19 heavy (non-hydrogen) atoms. The summed E-state index contributed by atoms with van der Waals surface area (Å²) in [6, 6.07) is 8.16. The molecule has 0 aliphatic carbocycles. The molecule has 1 aliphatic heterocycles. The number of nitrogens with one attached hydrogen (secondary N) is 1. The van der Waals surface area contributed by atoms with Crippen molar-refractivity contribution in [3.8, 4) is 0 Å². The third-order valence-electron chi connectivity index (χ3n) is 4.16. The Kier molecular flexibility index (Phi) is 2.86. The topological polar surface area (TPSA) is 34.2 Å². The number of halogens is 1. The molecule has 2 aromatic rings. The largest absolute Gasteiger partial charge is 0.513 e. The van der Waals surface area contributed by atoms with Gasteiger partial charge in [-0.15, -0.1) is 0 Å². The van der Waals surface area contributed by atoms with Crippen LogP contribution in [0.5, 0.6) is 0 Å². The molecule has 2 heterocycles. The Morgan fingerprint density at radius 3 is 2.21 bits per heavy atom. The van der Waals surface area contributed by atoms with Crippen LogP contribution in [0.2, 0.25) is 0 Å². The lowest BCUT2D eigenvalue weighted by molar-refractivity contribution is 0.00578. The fraction of sp³-hybridized carbons (Fsp3) is 0.429. The van der Waals surface area contributed by atoms with Crippen molar-refractivity contribution in [2.24, 2.45) is 0 Å². The van der Waals surface area contributed by atoms with Crippen molar-refractivity contribution in [2.75, 3.05) is 0 Å². The number of para-hydroxylation sites is 1. The molecule has 1 saturated heterocycles. The lowest BCUT2D eigenvalue weighted by Gasteiger charge is -2.32. The van der Waals surface area contributed by atoms with Crippen LogP contribution in [-0.4, -0.2) is 23.3 Å². The van der Waals surface area contributed by atoms with Crippen LogP contribution in [0.1, 0.15) is 27.7 Å². The number of benzene rings is 1. The Morgan fingerprint density at radius 2 is 1.63 bits per heavy atom. The van der Waals surface area contributed by atoms with Crippen LogP contribution in [0, 0.1) is 0 Å². The highest BCUT2D eigenvalue weighted by Crippen LogP contribution is 2.37. The lowest BCUT2D eigenvalue weighted by Crippen LogP contribution is -2.41. The Balaban J connectivity index is 2.05. The molecule has 0 amide bonds. The van der Waals surface area contributed by atoms with Crippen LogP contribution in [0.15, 0.2) is 28.7 Å². The van der Waals surface area contributed by atoms with E-state index in [9.17, 15) is 0 Å². The predicted molar refractivity (Wildman–Crippen MR) is 81.7 cm³/mol. The fourth-order valence-electron chi connectivity index (χ4n) is 2.25. The first kappa shape index (κ1) is 13.2. The van der Waals surface area contributed by atoms with Gasteiger partial charge in [-0.1, -0.05) is 18.2 Å². The first-order chi connectivity index (χ1) is 8.82. The number of aromatic amines is 1. The molecular formula is C14H17BBrNO2. The van der Waals surface area contributed by atoms with Gasteiger partial charge in [-0.25, -0.2) is 0 Å². The van der Waals surface area contributed by atoms with E-state index in [2.05, 4.69) is 60.7 Å². The molecule has 1 fully saturated rings. The number of fused-ring (bicyclic) bond motifs is 1. The van der Waals surface area contributed by atoms with Crippen LogP contribution in [-0.2, 0) is 9.31 Å². The summed E-state index contributed by atoms with van der Waals surface area (Å²) in [4.78, 5) is 3.38. The van der Waals surface area contributed by atoms with Gasteiger partial charge in [0, 0.05) is 15.4 Å². The zero-order chi connectivity index (χ0) is 13.8. The predicted octanol–water partition coefficient (Wildman–Crippen LogP) is 3.23. The normalized spacial score (nSPS) is 21.2. The van der Waals surface area contributed by atoms with Gasteiger partial charge in [0.1, 0.15) is 0 Å². The number of H-pyrrole nitrogens is 1. The second-order valence-electron chi connectivity index (χ2n) is 5.99. The molecule has 0 atom stereocenters. The van der Waals surface area contributed by atoms with Crippen molar-refractivity contribution in [1.29, 1.82) is 0 Å². The zero-order valence-electron chi connectivity index (χ0n) is 11.6. The van der Waals surface area contributed by atoms with Gasteiger partial charge in [0.25, 0.3) is 0 Å². The van der Waals surface area contributed by atoms with Crippen molar-refractivity contribution in [3.05, 3.63) is 28.7 Å². The quantitative estimate of drug-likeness (QED) is 0.818. The van der Waals surface area contributed by atoms with Gasteiger partial charge >= 0.3 is 7.12 Å². The van der Waals surface area contributed by atoms with Gasteiger partial charge in [-0.2, -0.15) is 0 Å². The minimum atomic E-state index is -0.369. The van der Waals surface area contributed by atoms with E-state index in [0.717, 1.165) is 21.0 Å². The third-order valence-corrected chi connectivity index (χ3v) is 5.01. The van der Waals surface area contributed by atoms with Gasteiger partial charge < -0.3 is 14.3 Å². The first-order valence-electron chi connectivity index (χ1n) is 6.43. The summed E-state index contributed by atoms with van der Waals surface area (Å²) in [7, 11) is -0.369. The van der Waals surface area contributed by atoms with Crippen molar-refractivity contribution >= 4 is 39.5 Å². The fourth-order valence-corrected chi connectivity index (χ4v) is 2.88. The Bertz CT molecular complexity index is 619. The molecule has 3 nitrogen and oxygen atoms in total. The molecule has 0 radical (unpaired) electrons. The molecular weight excluding hydrogens is 305 g/mol. The van der Waals surface area contributed by atoms with Gasteiger partial charge in [-0.05, 0) is 49.7 Å². The van der Waals surface area contributed by atoms with Crippen molar-refractivity contribution in [3.63, 3.8) is 0 Å². The van der Waals surface area contributed by atoms with E-state index in [1.165, 1.54) is 0 Å². The van der Waals surface area contributed by atoms with Crippen molar-refractivity contribution in [2.45, 2.75) is 38.9 Å². The van der Waals surface area contributed by atoms with E-state index < -0.39 is 0 Å². The van der Waals surface area contributed by atoms with Gasteiger partial charge in [-0.3, -0.25) is 0 Å². The monoisotopic (exact) mass is 321 g/mol. The highest BCUT2D eigenvalue weighted by Gasteiger charge is 2.52. The van der Waals surface area contributed by atoms with E-state index in [-0.39, 0.29) is 18.3 Å². The average molecular weight is 322 g/mol.